The normalized spacial score (nSPS) is 14.9. The fraction of sp³-hybridized carbons (Fsp3) is 0.407. The van der Waals surface area contributed by atoms with Crippen molar-refractivity contribution in [1.29, 1.82) is 0 Å². The maximum Gasteiger partial charge on any atom is 0.411 e. The summed E-state index contributed by atoms with van der Waals surface area (Å²) in [5.41, 5.74) is 0.291. The molecule has 37 heavy (non-hydrogen) atoms. The Morgan fingerprint density at radius 1 is 1.14 bits per heavy atom. The Bertz CT molecular complexity index is 1360. The lowest BCUT2D eigenvalue weighted by molar-refractivity contribution is 0.153. The Balaban J connectivity index is 1.60. The number of sulfonamides is 1. The number of nitrogens with one attached hydrogen (secondary N) is 2. The third-order valence-electron chi connectivity index (χ3n) is 6.02. The van der Waals surface area contributed by atoms with E-state index < -0.39 is 27.5 Å². The van der Waals surface area contributed by atoms with Crippen molar-refractivity contribution in [1.82, 2.24) is 9.71 Å². The number of nitrogens with zero attached hydrogens (tertiary/aromatic N) is 1. The molecule has 4 rings (SSSR count). The standard InChI is InChI=1S/C27H32FN3O4S2/c1-27(2,3)31-37(33,34)24-15-20(30-26(32)35-17-19-11-7-8-12-22(19)28)13-14-21(24)23-16-29-25(36-23)18-9-5-4-6-10-18/h7-8,11-16,18,31H,4-6,9-10,17H2,1-3H3,(H,30,32). The minimum absolute atomic E-state index is 0.0353. The molecule has 2 aromatic carbocycles. The van der Waals surface area contributed by atoms with Crippen LogP contribution in [0.4, 0.5) is 14.9 Å². The summed E-state index contributed by atoms with van der Waals surface area (Å²) in [6, 6.07) is 10.7. The van der Waals surface area contributed by atoms with Crippen LogP contribution in [0, 0.1) is 5.82 Å². The van der Waals surface area contributed by atoms with Gasteiger partial charge in [-0.2, -0.15) is 0 Å². The van der Waals surface area contributed by atoms with Crippen LogP contribution in [-0.4, -0.2) is 25.0 Å². The number of rotatable bonds is 7. The Hall–Kier alpha value is -2.82. The third-order valence-corrected chi connectivity index (χ3v) is 9.01. The van der Waals surface area contributed by atoms with Crippen molar-refractivity contribution in [3.8, 4) is 10.4 Å². The maximum atomic E-state index is 13.8. The SMILES string of the molecule is CC(C)(C)NS(=O)(=O)c1cc(NC(=O)OCc2ccccc2F)ccc1-c1cnc(C2CCCCC2)s1. The zero-order valence-corrected chi connectivity index (χ0v) is 22.8. The van der Waals surface area contributed by atoms with Crippen LogP contribution < -0.4 is 10.0 Å². The van der Waals surface area contributed by atoms with Gasteiger partial charge in [-0.05, 0) is 51.8 Å². The topological polar surface area (TPSA) is 97.4 Å². The summed E-state index contributed by atoms with van der Waals surface area (Å²) in [6.07, 6.45) is 6.72. The zero-order chi connectivity index (χ0) is 26.6. The van der Waals surface area contributed by atoms with E-state index in [-0.39, 0.29) is 22.8 Å². The summed E-state index contributed by atoms with van der Waals surface area (Å²) >= 11 is 1.52. The van der Waals surface area contributed by atoms with Gasteiger partial charge in [0.25, 0.3) is 0 Å². The maximum absolute atomic E-state index is 13.8. The number of amides is 1. The average molecular weight is 546 g/mol. The fourth-order valence-electron chi connectivity index (χ4n) is 4.35. The number of hydrogen-bond donors (Lipinski definition) is 2. The van der Waals surface area contributed by atoms with E-state index in [0.717, 1.165) is 22.7 Å². The third kappa shape index (κ3) is 7.15. The van der Waals surface area contributed by atoms with E-state index >= 15 is 0 Å². The van der Waals surface area contributed by atoms with Crippen molar-refractivity contribution in [2.45, 2.75) is 75.8 Å². The molecule has 0 bridgehead atoms. The molecule has 0 radical (unpaired) electrons. The highest BCUT2D eigenvalue weighted by Gasteiger charge is 2.27. The predicted molar refractivity (Wildman–Crippen MR) is 144 cm³/mol. The number of hydrogen-bond acceptors (Lipinski definition) is 6. The van der Waals surface area contributed by atoms with Crippen molar-refractivity contribution in [2.24, 2.45) is 0 Å². The molecule has 0 atom stereocenters. The number of anilines is 1. The van der Waals surface area contributed by atoms with Crippen LogP contribution in [0.5, 0.6) is 0 Å². The summed E-state index contributed by atoms with van der Waals surface area (Å²) < 4.78 is 48.5. The molecule has 0 aliphatic heterocycles. The van der Waals surface area contributed by atoms with E-state index in [0.29, 0.717) is 11.5 Å². The molecule has 1 saturated carbocycles. The first kappa shape index (κ1) is 27.2. The minimum atomic E-state index is -3.94. The first-order valence-corrected chi connectivity index (χ1v) is 14.6. The van der Waals surface area contributed by atoms with E-state index in [1.54, 1.807) is 51.2 Å². The van der Waals surface area contributed by atoms with Crippen LogP contribution in [0.3, 0.4) is 0 Å². The molecule has 0 saturated heterocycles. The van der Waals surface area contributed by atoms with E-state index in [2.05, 4.69) is 15.0 Å². The molecule has 0 unspecified atom stereocenters. The molecule has 198 valence electrons. The van der Waals surface area contributed by atoms with Crippen LogP contribution in [-0.2, 0) is 21.4 Å². The summed E-state index contributed by atoms with van der Waals surface area (Å²) in [4.78, 5) is 17.8. The van der Waals surface area contributed by atoms with Crippen LogP contribution in [0.15, 0.2) is 53.6 Å². The number of aromatic nitrogens is 1. The molecule has 10 heteroatoms. The quantitative estimate of drug-likeness (QED) is 0.339. The molecular weight excluding hydrogens is 513 g/mol. The van der Waals surface area contributed by atoms with E-state index in [9.17, 15) is 17.6 Å². The van der Waals surface area contributed by atoms with E-state index in [1.807, 2.05) is 0 Å². The smallest absolute Gasteiger partial charge is 0.411 e. The van der Waals surface area contributed by atoms with Crippen LogP contribution in [0.2, 0.25) is 0 Å². The average Bonchev–Trinajstić information content (AvgIpc) is 3.33. The number of thiazole rings is 1. The number of ether oxygens (including phenoxy) is 1. The highest BCUT2D eigenvalue weighted by Crippen LogP contribution is 2.39. The molecule has 0 spiro atoms. The largest absolute Gasteiger partial charge is 0.444 e. The molecule has 1 heterocycles. The second kappa shape index (κ2) is 11.3. The lowest BCUT2D eigenvalue weighted by Crippen LogP contribution is -2.40. The second-order valence-electron chi connectivity index (χ2n) is 10.3. The van der Waals surface area contributed by atoms with Gasteiger partial charge >= 0.3 is 6.09 Å². The lowest BCUT2D eigenvalue weighted by atomic mass is 9.90. The molecule has 3 aromatic rings. The summed E-state index contributed by atoms with van der Waals surface area (Å²) in [6.45, 7) is 5.04. The molecule has 1 aromatic heterocycles. The highest BCUT2D eigenvalue weighted by atomic mass is 32.2. The predicted octanol–water partition coefficient (Wildman–Crippen LogP) is 6.82. The summed E-state index contributed by atoms with van der Waals surface area (Å²) in [5.74, 6) is -0.0659. The molecule has 1 aliphatic carbocycles. The number of benzene rings is 2. The van der Waals surface area contributed by atoms with Gasteiger partial charge in [-0.25, -0.2) is 27.3 Å². The van der Waals surface area contributed by atoms with Gasteiger partial charge in [0.05, 0.1) is 14.8 Å². The Labute approximate surface area is 221 Å². The Kier molecular flexibility index (Phi) is 8.30. The van der Waals surface area contributed by atoms with Crippen LogP contribution in [0.25, 0.3) is 10.4 Å². The molecule has 1 amide bonds. The van der Waals surface area contributed by atoms with E-state index in [4.69, 9.17) is 4.74 Å². The molecular formula is C27H32FN3O4S2. The van der Waals surface area contributed by atoms with Gasteiger partial charge in [-0.1, -0.05) is 43.5 Å². The monoisotopic (exact) mass is 545 g/mol. The molecule has 7 nitrogen and oxygen atoms in total. The highest BCUT2D eigenvalue weighted by molar-refractivity contribution is 7.89. The second-order valence-corrected chi connectivity index (χ2v) is 13.0. The van der Waals surface area contributed by atoms with Gasteiger partial charge in [0.2, 0.25) is 10.0 Å². The van der Waals surface area contributed by atoms with Crippen molar-refractivity contribution < 1.29 is 22.3 Å². The first-order valence-electron chi connectivity index (χ1n) is 12.3. The molecule has 1 aliphatic rings. The van der Waals surface area contributed by atoms with Gasteiger partial charge in [0, 0.05) is 34.5 Å². The van der Waals surface area contributed by atoms with Gasteiger partial charge < -0.3 is 4.74 Å². The van der Waals surface area contributed by atoms with E-state index in [1.165, 1.54) is 48.8 Å². The van der Waals surface area contributed by atoms with Crippen molar-refractivity contribution in [2.75, 3.05) is 5.32 Å². The van der Waals surface area contributed by atoms with Gasteiger partial charge in [-0.3, -0.25) is 5.32 Å². The summed E-state index contributed by atoms with van der Waals surface area (Å²) in [5, 5.41) is 3.58. The van der Waals surface area contributed by atoms with Gasteiger partial charge in [-0.15, -0.1) is 11.3 Å². The minimum Gasteiger partial charge on any atom is -0.444 e. The number of carbonyl (C=O) groups is 1. The number of halogens is 1. The zero-order valence-electron chi connectivity index (χ0n) is 21.2. The lowest BCUT2D eigenvalue weighted by Gasteiger charge is -2.22. The Morgan fingerprint density at radius 3 is 2.57 bits per heavy atom. The number of carbonyl (C=O) groups excluding carboxylic acids is 1. The van der Waals surface area contributed by atoms with Gasteiger partial charge in [0.15, 0.2) is 0 Å². The first-order chi connectivity index (χ1) is 17.5. The molecule has 1 fully saturated rings. The van der Waals surface area contributed by atoms with Gasteiger partial charge in [0.1, 0.15) is 12.4 Å². The van der Waals surface area contributed by atoms with Crippen molar-refractivity contribution in [3.63, 3.8) is 0 Å². The van der Waals surface area contributed by atoms with Crippen molar-refractivity contribution in [3.05, 3.63) is 65.0 Å². The van der Waals surface area contributed by atoms with Crippen molar-refractivity contribution >= 4 is 33.1 Å². The summed E-state index contributed by atoms with van der Waals surface area (Å²) in [7, 11) is -3.94. The van der Waals surface area contributed by atoms with Crippen LogP contribution >= 0.6 is 11.3 Å². The molecule has 2 N–H and O–H groups in total. The fourth-order valence-corrected chi connectivity index (χ4v) is 7.20. The van der Waals surface area contributed by atoms with Crippen LogP contribution in [0.1, 0.15) is 69.4 Å². The Morgan fingerprint density at radius 2 is 1.86 bits per heavy atom.